The maximum absolute atomic E-state index is 10.4. The van der Waals surface area contributed by atoms with Crippen LogP contribution in [0.4, 0.5) is 0 Å². The molecule has 140 valence electrons. The van der Waals surface area contributed by atoms with Crippen LogP contribution in [0.1, 0.15) is 11.1 Å². The van der Waals surface area contributed by atoms with E-state index in [1.54, 1.807) is 19.3 Å². The van der Waals surface area contributed by atoms with E-state index in [2.05, 4.69) is 23.6 Å². The van der Waals surface area contributed by atoms with Gasteiger partial charge in [-0.3, -0.25) is 4.90 Å². The van der Waals surface area contributed by atoms with Crippen LogP contribution in [0, 0.1) is 0 Å². The first kappa shape index (κ1) is 18.8. The van der Waals surface area contributed by atoms with Crippen molar-refractivity contribution in [1.82, 2.24) is 4.90 Å². The number of rotatable bonds is 8. The van der Waals surface area contributed by atoms with E-state index in [0.29, 0.717) is 18.9 Å². The summed E-state index contributed by atoms with van der Waals surface area (Å²) in [5.41, 5.74) is 2.08. The minimum atomic E-state index is 0.302. The van der Waals surface area contributed by atoms with Crippen molar-refractivity contribution in [2.75, 3.05) is 20.8 Å². The number of phenols is 1. The Bertz CT molecular complexity index is 919. The van der Waals surface area contributed by atoms with E-state index >= 15 is 0 Å². The molecule has 0 atom stereocenters. The molecule has 0 heterocycles. The van der Waals surface area contributed by atoms with Gasteiger partial charge in [0.1, 0.15) is 23.9 Å². The summed E-state index contributed by atoms with van der Waals surface area (Å²) in [6.07, 6.45) is 1.73. The van der Waals surface area contributed by atoms with Gasteiger partial charge in [0.05, 0.1) is 7.11 Å². The summed E-state index contributed by atoms with van der Waals surface area (Å²) in [5, 5.41) is 12.5. The third-order valence-electron chi connectivity index (χ3n) is 4.49. The van der Waals surface area contributed by atoms with Crippen LogP contribution in [0.25, 0.3) is 10.8 Å². The Morgan fingerprint density at radius 2 is 1.70 bits per heavy atom. The van der Waals surface area contributed by atoms with Crippen molar-refractivity contribution in [3.8, 4) is 17.2 Å². The molecule has 0 bridgehead atoms. The van der Waals surface area contributed by atoms with Gasteiger partial charge in [-0.2, -0.15) is 0 Å². The Kier molecular flexibility index (Phi) is 5.99. The first-order valence-corrected chi connectivity index (χ1v) is 8.90. The number of hydrogen-bond acceptors (Lipinski definition) is 4. The van der Waals surface area contributed by atoms with E-state index in [0.717, 1.165) is 34.4 Å². The van der Waals surface area contributed by atoms with Gasteiger partial charge in [0.2, 0.25) is 0 Å². The van der Waals surface area contributed by atoms with E-state index in [-0.39, 0.29) is 0 Å². The number of ether oxygens (including phenoxy) is 2. The van der Waals surface area contributed by atoms with Gasteiger partial charge in [0, 0.05) is 18.7 Å². The van der Waals surface area contributed by atoms with Gasteiger partial charge < -0.3 is 14.6 Å². The van der Waals surface area contributed by atoms with Crippen LogP contribution in [0.5, 0.6) is 17.2 Å². The zero-order valence-corrected chi connectivity index (χ0v) is 15.8. The first-order chi connectivity index (χ1) is 13.1. The zero-order valence-electron chi connectivity index (χ0n) is 15.8. The predicted molar refractivity (Wildman–Crippen MR) is 109 cm³/mol. The molecule has 0 saturated carbocycles. The fourth-order valence-electron chi connectivity index (χ4n) is 3.13. The minimum Gasteiger partial charge on any atom is -0.508 e. The standard InChI is InChI=1S/C23H25NO3/c1-4-13-27-19-9-5-17(6-10-19)15-24(2)16-22-21-14-20(26-3)11-7-18(21)8-12-23(22)25/h4-12,14,25H,1,13,15-16H2,2-3H3. The van der Waals surface area contributed by atoms with E-state index in [4.69, 9.17) is 9.47 Å². The number of hydrogen-bond donors (Lipinski definition) is 1. The Hall–Kier alpha value is -2.98. The molecule has 0 unspecified atom stereocenters. The van der Waals surface area contributed by atoms with Crippen molar-refractivity contribution in [3.63, 3.8) is 0 Å². The SMILES string of the molecule is C=CCOc1ccc(CN(C)Cc2c(O)ccc3ccc(OC)cc23)cc1. The third-order valence-corrected chi connectivity index (χ3v) is 4.49. The quantitative estimate of drug-likeness (QED) is 0.587. The van der Waals surface area contributed by atoms with Crippen molar-refractivity contribution in [3.05, 3.63) is 78.4 Å². The molecule has 0 amide bonds. The van der Waals surface area contributed by atoms with Crippen molar-refractivity contribution in [2.45, 2.75) is 13.1 Å². The molecule has 4 nitrogen and oxygen atoms in total. The lowest BCUT2D eigenvalue weighted by Gasteiger charge is -2.19. The fourth-order valence-corrected chi connectivity index (χ4v) is 3.13. The lowest BCUT2D eigenvalue weighted by atomic mass is 10.0. The van der Waals surface area contributed by atoms with E-state index < -0.39 is 0 Å². The number of nitrogens with zero attached hydrogens (tertiary/aromatic N) is 1. The Morgan fingerprint density at radius 1 is 1.00 bits per heavy atom. The van der Waals surface area contributed by atoms with Gasteiger partial charge in [0.15, 0.2) is 0 Å². The molecule has 0 aromatic heterocycles. The average Bonchev–Trinajstić information content (AvgIpc) is 2.69. The lowest BCUT2D eigenvalue weighted by Crippen LogP contribution is -2.17. The molecular weight excluding hydrogens is 338 g/mol. The Balaban J connectivity index is 1.76. The summed E-state index contributed by atoms with van der Waals surface area (Å²) in [6.45, 7) is 5.55. The zero-order chi connectivity index (χ0) is 19.2. The molecule has 0 fully saturated rings. The molecule has 4 heteroatoms. The molecule has 0 aliphatic carbocycles. The lowest BCUT2D eigenvalue weighted by molar-refractivity contribution is 0.313. The van der Waals surface area contributed by atoms with Crippen LogP contribution in [0.2, 0.25) is 0 Å². The van der Waals surface area contributed by atoms with Gasteiger partial charge in [-0.25, -0.2) is 0 Å². The molecule has 0 aliphatic heterocycles. The summed E-state index contributed by atoms with van der Waals surface area (Å²) in [7, 11) is 3.69. The third kappa shape index (κ3) is 4.60. The molecule has 3 rings (SSSR count). The second-order valence-electron chi connectivity index (χ2n) is 6.57. The Morgan fingerprint density at radius 3 is 2.41 bits per heavy atom. The second-order valence-corrected chi connectivity index (χ2v) is 6.57. The van der Waals surface area contributed by atoms with Crippen LogP contribution in [-0.4, -0.2) is 30.8 Å². The number of aromatic hydroxyl groups is 1. The summed E-state index contributed by atoms with van der Waals surface area (Å²) in [6, 6.07) is 17.6. The summed E-state index contributed by atoms with van der Waals surface area (Å²) < 4.78 is 10.9. The fraction of sp³-hybridized carbons (Fsp3) is 0.217. The highest BCUT2D eigenvalue weighted by atomic mass is 16.5. The normalized spacial score (nSPS) is 10.9. The van der Waals surface area contributed by atoms with Gasteiger partial charge in [-0.15, -0.1) is 0 Å². The predicted octanol–water partition coefficient (Wildman–Crippen LogP) is 4.75. The molecule has 0 aliphatic rings. The molecule has 3 aromatic rings. The summed E-state index contributed by atoms with van der Waals surface area (Å²) >= 11 is 0. The number of phenolic OH excluding ortho intramolecular Hbond substituents is 1. The molecule has 27 heavy (non-hydrogen) atoms. The van der Waals surface area contributed by atoms with Gasteiger partial charge >= 0.3 is 0 Å². The topological polar surface area (TPSA) is 41.9 Å². The number of methoxy groups -OCH3 is 1. The van der Waals surface area contributed by atoms with Crippen LogP contribution in [-0.2, 0) is 13.1 Å². The second kappa shape index (κ2) is 8.60. The van der Waals surface area contributed by atoms with Crippen molar-refractivity contribution < 1.29 is 14.6 Å². The monoisotopic (exact) mass is 363 g/mol. The molecule has 0 saturated heterocycles. The van der Waals surface area contributed by atoms with Gasteiger partial charge in [-0.05, 0) is 53.7 Å². The first-order valence-electron chi connectivity index (χ1n) is 8.90. The van der Waals surface area contributed by atoms with Crippen LogP contribution in [0.3, 0.4) is 0 Å². The number of benzene rings is 3. The summed E-state index contributed by atoms with van der Waals surface area (Å²) in [4.78, 5) is 2.17. The van der Waals surface area contributed by atoms with Gasteiger partial charge in [0.25, 0.3) is 0 Å². The molecular formula is C23H25NO3. The highest BCUT2D eigenvalue weighted by Crippen LogP contribution is 2.31. The maximum atomic E-state index is 10.4. The summed E-state index contributed by atoms with van der Waals surface area (Å²) in [5.74, 6) is 1.92. The van der Waals surface area contributed by atoms with E-state index in [9.17, 15) is 5.11 Å². The van der Waals surface area contributed by atoms with Crippen molar-refractivity contribution in [1.29, 1.82) is 0 Å². The molecule has 3 aromatic carbocycles. The largest absolute Gasteiger partial charge is 0.508 e. The molecule has 0 spiro atoms. The smallest absolute Gasteiger partial charge is 0.120 e. The highest BCUT2D eigenvalue weighted by Gasteiger charge is 2.11. The van der Waals surface area contributed by atoms with Crippen molar-refractivity contribution >= 4 is 10.8 Å². The number of fused-ring (bicyclic) bond motifs is 1. The molecule has 0 radical (unpaired) electrons. The average molecular weight is 363 g/mol. The highest BCUT2D eigenvalue weighted by molar-refractivity contribution is 5.88. The van der Waals surface area contributed by atoms with Crippen LogP contribution >= 0.6 is 0 Å². The van der Waals surface area contributed by atoms with Crippen LogP contribution < -0.4 is 9.47 Å². The van der Waals surface area contributed by atoms with Crippen LogP contribution in [0.15, 0.2) is 67.3 Å². The van der Waals surface area contributed by atoms with Crippen molar-refractivity contribution in [2.24, 2.45) is 0 Å². The maximum Gasteiger partial charge on any atom is 0.120 e. The Labute approximate surface area is 160 Å². The van der Waals surface area contributed by atoms with Gasteiger partial charge in [-0.1, -0.05) is 36.9 Å². The molecule has 1 N–H and O–H groups in total. The minimum absolute atomic E-state index is 0.302. The van der Waals surface area contributed by atoms with E-state index in [1.807, 2.05) is 43.4 Å². The van der Waals surface area contributed by atoms with E-state index in [1.165, 1.54) is 5.56 Å².